The average molecular weight is 443 g/mol. The van der Waals surface area contributed by atoms with Gasteiger partial charge < -0.3 is 17.0 Å². The third kappa shape index (κ3) is 22.6. The van der Waals surface area contributed by atoms with E-state index in [-0.39, 0.29) is 76.9 Å². The topological polar surface area (TPSA) is 26.3 Å². The Balaban J connectivity index is -0.0000000600. The standard InChI is InChI=1S/C5H9O2.CH3.U.Y/c1-5(2,3)7-4-6;;;/h1-3H3;1H3;;/q2*-1;;. The Kier molecular flexibility index (Phi) is 24.0. The molecule has 2 nitrogen and oxygen atoms in total. The smallest absolute Gasteiger partial charge is 0.0623 e. The van der Waals surface area contributed by atoms with Gasteiger partial charge in [-0.1, -0.05) is 6.47 Å². The van der Waals surface area contributed by atoms with Gasteiger partial charge in [-0.15, -0.1) is 0 Å². The first kappa shape index (κ1) is 22.6. The first-order chi connectivity index (χ1) is 3.06. The molecule has 0 fully saturated rings. The average Bonchev–Trinajstić information content (AvgIpc) is 1.30. The van der Waals surface area contributed by atoms with E-state index in [4.69, 9.17) is 0 Å². The van der Waals surface area contributed by atoms with Crippen molar-refractivity contribution in [1.29, 1.82) is 0 Å². The van der Waals surface area contributed by atoms with Gasteiger partial charge in [0.05, 0.1) is 5.60 Å². The van der Waals surface area contributed by atoms with E-state index in [0.717, 1.165) is 0 Å². The number of hydrogen-bond donors (Lipinski definition) is 0. The number of hydrogen-bond acceptors (Lipinski definition) is 2. The molecule has 0 aliphatic heterocycles. The Morgan fingerprint density at radius 1 is 1.30 bits per heavy atom. The maximum atomic E-state index is 9.47. The molecule has 0 aliphatic carbocycles. The predicted octanol–water partition coefficient (Wildman–Crippen LogP) is 1.32. The van der Waals surface area contributed by atoms with Crippen LogP contribution in [0.5, 0.6) is 0 Å². The zero-order chi connectivity index (χ0) is 5.91. The van der Waals surface area contributed by atoms with E-state index >= 15 is 0 Å². The fourth-order valence-electron chi connectivity index (χ4n) is 0.125. The van der Waals surface area contributed by atoms with Crippen LogP contribution in [0.1, 0.15) is 20.8 Å². The number of ether oxygens (including phenoxy) is 1. The first-order valence-electron chi connectivity index (χ1n) is 2.11. The molecule has 0 aromatic rings. The summed E-state index contributed by atoms with van der Waals surface area (Å²) in [6.45, 7) is 6.73. The Labute approximate surface area is 112 Å². The van der Waals surface area contributed by atoms with Gasteiger partial charge in [-0.3, -0.25) is 0 Å². The molecule has 0 saturated heterocycles. The summed E-state index contributed by atoms with van der Waals surface area (Å²) in [4.78, 5) is 9.47. The quantitative estimate of drug-likeness (QED) is 0.572. The van der Waals surface area contributed by atoms with Crippen molar-refractivity contribution in [3.63, 3.8) is 0 Å². The van der Waals surface area contributed by atoms with Gasteiger partial charge in [0.25, 0.3) is 0 Å². The molecule has 0 N–H and O–H groups in total. The number of carbonyl (C=O) groups excluding carboxylic acids is 1. The summed E-state index contributed by atoms with van der Waals surface area (Å²) >= 11 is 0. The minimum Gasteiger partial charge on any atom is -0.649 e. The summed E-state index contributed by atoms with van der Waals surface area (Å²) in [5.74, 6) is 0. The Morgan fingerprint density at radius 3 is 1.60 bits per heavy atom. The van der Waals surface area contributed by atoms with Gasteiger partial charge in [0, 0.05) is 63.8 Å². The van der Waals surface area contributed by atoms with Gasteiger partial charge in [0.15, 0.2) is 0 Å². The molecule has 4 heteroatoms. The molecule has 0 aromatic carbocycles. The van der Waals surface area contributed by atoms with Crippen molar-refractivity contribution in [2.75, 3.05) is 0 Å². The third-order valence-electron chi connectivity index (χ3n) is 0.348. The second kappa shape index (κ2) is 10.6. The summed E-state index contributed by atoms with van der Waals surface area (Å²) in [5, 5.41) is 0. The van der Waals surface area contributed by atoms with Crippen molar-refractivity contribution >= 4 is 6.47 Å². The van der Waals surface area contributed by atoms with Gasteiger partial charge in [0.2, 0.25) is 0 Å². The maximum absolute atomic E-state index is 9.47. The van der Waals surface area contributed by atoms with Crippen LogP contribution in [0.2, 0.25) is 0 Å². The summed E-state index contributed by atoms with van der Waals surface area (Å²) in [7, 11) is 0. The van der Waals surface area contributed by atoms with E-state index in [0.29, 0.717) is 0 Å². The summed E-state index contributed by atoms with van der Waals surface area (Å²) in [5.41, 5.74) is -0.373. The monoisotopic (exact) mass is 443 g/mol. The van der Waals surface area contributed by atoms with Gasteiger partial charge >= 0.3 is 0 Å². The molecule has 0 amide bonds. The molecule has 57 valence electrons. The van der Waals surface area contributed by atoms with Crippen LogP contribution < -0.4 is 0 Å². The van der Waals surface area contributed by atoms with Crippen molar-refractivity contribution in [3.05, 3.63) is 7.43 Å². The van der Waals surface area contributed by atoms with Crippen LogP contribution in [0.3, 0.4) is 0 Å². The maximum Gasteiger partial charge on any atom is 0.0623 e. The number of rotatable bonds is 1. The van der Waals surface area contributed by atoms with Gasteiger partial charge in [-0.25, -0.2) is 0 Å². The largest absolute Gasteiger partial charge is 0.649 e. The summed E-state index contributed by atoms with van der Waals surface area (Å²) < 4.78 is 4.42. The first-order valence-corrected chi connectivity index (χ1v) is 2.11. The van der Waals surface area contributed by atoms with Crippen molar-refractivity contribution in [2.45, 2.75) is 26.4 Å². The zero-order valence-electron chi connectivity index (χ0n) is 6.89. The molecule has 0 rings (SSSR count). The predicted molar refractivity (Wildman–Crippen MR) is 32.9 cm³/mol. The zero-order valence-corrected chi connectivity index (χ0v) is 13.9. The van der Waals surface area contributed by atoms with Crippen LogP contribution in [0.4, 0.5) is 0 Å². The minimum atomic E-state index is -0.373. The van der Waals surface area contributed by atoms with E-state index in [2.05, 4.69) is 4.74 Å². The van der Waals surface area contributed by atoms with Gasteiger partial charge in [0.1, 0.15) is 0 Å². The van der Waals surface area contributed by atoms with Gasteiger partial charge in [-0.05, 0) is 20.8 Å². The van der Waals surface area contributed by atoms with Crippen molar-refractivity contribution in [3.8, 4) is 0 Å². The van der Waals surface area contributed by atoms with Crippen LogP contribution in [-0.4, -0.2) is 12.1 Å². The third-order valence-corrected chi connectivity index (χ3v) is 0.348. The fraction of sp³-hybridized carbons (Fsp3) is 0.667. The molecule has 0 aliphatic rings. The Morgan fingerprint density at radius 2 is 1.60 bits per heavy atom. The van der Waals surface area contributed by atoms with E-state index in [1.54, 1.807) is 20.8 Å². The van der Waals surface area contributed by atoms with Crippen LogP contribution in [0.25, 0.3) is 0 Å². The fourth-order valence-corrected chi connectivity index (χ4v) is 0.125. The molecule has 0 heterocycles. The van der Waals surface area contributed by atoms with E-state index < -0.39 is 0 Å². The van der Waals surface area contributed by atoms with E-state index in [9.17, 15) is 4.79 Å². The molecular formula is C6H12O2UY-2. The summed E-state index contributed by atoms with van der Waals surface area (Å²) in [6.07, 6.45) is 0. The molecule has 0 atom stereocenters. The van der Waals surface area contributed by atoms with E-state index in [1.807, 2.05) is 0 Å². The summed E-state index contributed by atoms with van der Waals surface area (Å²) in [6, 6.07) is 0. The van der Waals surface area contributed by atoms with Crippen molar-refractivity contribution in [1.82, 2.24) is 0 Å². The van der Waals surface area contributed by atoms with Crippen molar-refractivity contribution < 1.29 is 73.4 Å². The van der Waals surface area contributed by atoms with Gasteiger partial charge in [-0.2, -0.15) is 0 Å². The van der Waals surface area contributed by atoms with Crippen molar-refractivity contribution in [2.24, 2.45) is 0 Å². The SMILES string of the molecule is CC(C)(C)O[C-]=O.[CH3-].[U].[Y]. The minimum absolute atomic E-state index is 0. The van der Waals surface area contributed by atoms with Crippen LogP contribution in [0.15, 0.2) is 0 Å². The normalized spacial score (nSPS) is 7.50. The van der Waals surface area contributed by atoms with E-state index in [1.165, 1.54) is 6.47 Å². The molecular weight excluding hydrogens is 431 g/mol. The molecule has 0 aromatic heterocycles. The Hall–Kier alpha value is 1.63. The Bertz CT molecular complexity index is 70.6. The van der Waals surface area contributed by atoms with Crippen LogP contribution in [0, 0.1) is 38.5 Å². The molecule has 0 bridgehead atoms. The molecule has 0 saturated carbocycles. The second-order valence-corrected chi connectivity index (χ2v) is 2.30. The molecule has 10 heavy (non-hydrogen) atoms. The molecule has 1 radical (unpaired) electrons. The second-order valence-electron chi connectivity index (χ2n) is 2.30. The molecule has 0 spiro atoms. The van der Waals surface area contributed by atoms with Crippen LogP contribution in [-0.2, 0) is 42.2 Å². The van der Waals surface area contributed by atoms with Crippen LogP contribution >= 0.6 is 0 Å². The molecule has 0 unspecified atom stereocenters.